The number of carbonyl (C=O) groups excluding carboxylic acids is 1. The first-order chi connectivity index (χ1) is 8.33. The molecule has 1 aromatic carbocycles. The maximum atomic E-state index is 13.7. The monoisotopic (exact) mass is 363 g/mol. The van der Waals surface area contributed by atoms with Crippen LogP contribution in [-0.4, -0.2) is 18.6 Å². The highest BCUT2D eigenvalue weighted by molar-refractivity contribution is 9.10. The minimum atomic E-state index is -3.60. The molecule has 1 aromatic rings. The SMILES string of the molecule is Cl.O=C1N[C@H](c2c(F)ccc(Br)c2F)C(F)(F)CO1. The number of alkyl halides is 2. The molecule has 0 aliphatic carbocycles. The van der Waals surface area contributed by atoms with Gasteiger partial charge in [-0.1, -0.05) is 0 Å². The Balaban J connectivity index is 0.00000180. The van der Waals surface area contributed by atoms with Crippen molar-refractivity contribution in [2.75, 3.05) is 6.61 Å². The Morgan fingerprint density at radius 3 is 2.63 bits per heavy atom. The predicted molar refractivity (Wildman–Crippen MR) is 63.5 cm³/mol. The van der Waals surface area contributed by atoms with Crippen LogP contribution in [0, 0.1) is 11.6 Å². The van der Waals surface area contributed by atoms with Gasteiger partial charge in [-0.05, 0) is 28.1 Å². The zero-order valence-corrected chi connectivity index (χ0v) is 11.5. The maximum absolute atomic E-state index is 13.7. The molecule has 1 heterocycles. The van der Waals surface area contributed by atoms with E-state index in [9.17, 15) is 22.4 Å². The second-order valence-electron chi connectivity index (χ2n) is 3.67. The van der Waals surface area contributed by atoms with Crippen LogP contribution >= 0.6 is 28.3 Å². The van der Waals surface area contributed by atoms with Gasteiger partial charge < -0.3 is 10.1 Å². The van der Waals surface area contributed by atoms with Crippen molar-refractivity contribution in [2.24, 2.45) is 0 Å². The van der Waals surface area contributed by atoms with Crippen LogP contribution in [0.5, 0.6) is 0 Å². The van der Waals surface area contributed by atoms with E-state index in [0.29, 0.717) is 0 Å². The van der Waals surface area contributed by atoms with Crippen molar-refractivity contribution in [1.29, 1.82) is 0 Å². The van der Waals surface area contributed by atoms with Crippen molar-refractivity contribution in [1.82, 2.24) is 5.32 Å². The number of ether oxygens (including phenoxy) is 1. The van der Waals surface area contributed by atoms with Gasteiger partial charge in [0.1, 0.15) is 17.7 Å². The van der Waals surface area contributed by atoms with Crippen LogP contribution in [0.4, 0.5) is 22.4 Å². The Bertz CT molecular complexity index is 515. The molecule has 1 atom stereocenters. The van der Waals surface area contributed by atoms with E-state index in [-0.39, 0.29) is 16.9 Å². The molecule has 1 aliphatic rings. The zero-order valence-electron chi connectivity index (χ0n) is 9.05. The number of rotatable bonds is 1. The van der Waals surface area contributed by atoms with Gasteiger partial charge in [-0.3, -0.25) is 0 Å². The van der Waals surface area contributed by atoms with Crippen LogP contribution in [0.25, 0.3) is 0 Å². The first-order valence-corrected chi connectivity index (χ1v) is 5.57. The van der Waals surface area contributed by atoms with Gasteiger partial charge in [0.05, 0.1) is 10.0 Å². The molecular formula is C10H7BrClF4NO2. The summed E-state index contributed by atoms with van der Waals surface area (Å²) >= 11 is 2.77. The molecule has 0 saturated carbocycles. The lowest BCUT2D eigenvalue weighted by molar-refractivity contribution is -0.105. The van der Waals surface area contributed by atoms with Crippen LogP contribution in [-0.2, 0) is 4.74 Å². The number of benzene rings is 1. The van der Waals surface area contributed by atoms with Gasteiger partial charge in [-0.25, -0.2) is 22.4 Å². The number of hydrogen-bond acceptors (Lipinski definition) is 2. The van der Waals surface area contributed by atoms with Crippen molar-refractivity contribution in [3.05, 3.63) is 33.8 Å². The van der Waals surface area contributed by atoms with E-state index in [1.54, 1.807) is 5.32 Å². The highest BCUT2D eigenvalue weighted by Gasteiger charge is 2.49. The molecule has 0 spiro atoms. The molecule has 2 rings (SSSR count). The average Bonchev–Trinajstić information content (AvgIpc) is 2.29. The fraction of sp³-hybridized carbons (Fsp3) is 0.300. The summed E-state index contributed by atoms with van der Waals surface area (Å²) in [7, 11) is 0. The van der Waals surface area contributed by atoms with Crippen molar-refractivity contribution in [3.8, 4) is 0 Å². The molecule has 1 aliphatic heterocycles. The standard InChI is InChI=1S/C10H6BrF4NO2.ClH/c11-4-1-2-5(12)6(7(4)13)8-10(14,15)3-18-9(17)16-8;/h1-2,8H,3H2,(H,16,17);1H/t8-;/m1./s1. The molecule has 1 amide bonds. The summed E-state index contributed by atoms with van der Waals surface area (Å²) in [5.41, 5.74) is -0.897. The molecule has 1 fully saturated rings. The molecule has 0 unspecified atom stereocenters. The molecule has 9 heteroatoms. The number of alkyl carbamates (subject to hydrolysis) is 1. The topological polar surface area (TPSA) is 38.3 Å². The lowest BCUT2D eigenvalue weighted by Gasteiger charge is -2.32. The second-order valence-corrected chi connectivity index (χ2v) is 4.53. The molecule has 19 heavy (non-hydrogen) atoms. The number of nitrogens with one attached hydrogen (secondary N) is 1. The van der Waals surface area contributed by atoms with Crippen LogP contribution in [0.15, 0.2) is 16.6 Å². The largest absolute Gasteiger partial charge is 0.443 e. The van der Waals surface area contributed by atoms with Crippen LogP contribution < -0.4 is 5.32 Å². The smallest absolute Gasteiger partial charge is 0.408 e. The zero-order chi connectivity index (χ0) is 13.5. The van der Waals surface area contributed by atoms with E-state index in [1.807, 2.05) is 0 Å². The lowest BCUT2D eigenvalue weighted by atomic mass is 9.99. The van der Waals surface area contributed by atoms with Gasteiger partial charge in [0, 0.05) is 0 Å². The third-order valence-electron chi connectivity index (χ3n) is 2.45. The number of halogens is 6. The fourth-order valence-corrected chi connectivity index (χ4v) is 1.95. The van der Waals surface area contributed by atoms with E-state index >= 15 is 0 Å². The van der Waals surface area contributed by atoms with Crippen LogP contribution in [0.2, 0.25) is 0 Å². The summed E-state index contributed by atoms with van der Waals surface area (Å²) in [6.45, 7) is -1.23. The minimum Gasteiger partial charge on any atom is -0.443 e. The van der Waals surface area contributed by atoms with Crippen LogP contribution in [0.3, 0.4) is 0 Å². The summed E-state index contributed by atoms with van der Waals surface area (Å²) in [5.74, 6) is -5.94. The van der Waals surface area contributed by atoms with Gasteiger partial charge >= 0.3 is 12.0 Å². The normalized spacial score (nSPS) is 21.1. The summed E-state index contributed by atoms with van der Waals surface area (Å²) in [5, 5.41) is 1.72. The van der Waals surface area contributed by atoms with Gasteiger partial charge in [0.2, 0.25) is 0 Å². The summed E-state index contributed by atoms with van der Waals surface area (Å²) in [4.78, 5) is 10.9. The van der Waals surface area contributed by atoms with Crippen molar-refractivity contribution >= 4 is 34.4 Å². The number of cyclic esters (lactones) is 1. The Morgan fingerprint density at radius 1 is 1.37 bits per heavy atom. The number of hydrogen-bond donors (Lipinski definition) is 1. The first kappa shape index (κ1) is 16.0. The van der Waals surface area contributed by atoms with Gasteiger partial charge in [-0.15, -0.1) is 12.4 Å². The highest BCUT2D eigenvalue weighted by atomic mass is 79.9. The predicted octanol–water partition coefficient (Wildman–Crippen LogP) is 3.57. The van der Waals surface area contributed by atoms with Crippen LogP contribution in [0.1, 0.15) is 11.6 Å². The first-order valence-electron chi connectivity index (χ1n) is 4.77. The van der Waals surface area contributed by atoms with Crippen molar-refractivity contribution < 1.29 is 27.1 Å². The third kappa shape index (κ3) is 2.94. The highest BCUT2D eigenvalue weighted by Crippen LogP contribution is 2.38. The van der Waals surface area contributed by atoms with Crippen molar-refractivity contribution in [2.45, 2.75) is 12.0 Å². The molecule has 0 bridgehead atoms. The average molecular weight is 365 g/mol. The van der Waals surface area contributed by atoms with E-state index in [0.717, 1.165) is 12.1 Å². The summed E-state index contributed by atoms with van der Waals surface area (Å²) < 4.78 is 58.2. The maximum Gasteiger partial charge on any atom is 0.408 e. The van der Waals surface area contributed by atoms with E-state index in [1.165, 1.54) is 0 Å². The molecule has 1 N–H and O–H groups in total. The van der Waals surface area contributed by atoms with E-state index < -0.39 is 41.9 Å². The molecular weight excluding hydrogens is 357 g/mol. The molecule has 0 radical (unpaired) electrons. The lowest BCUT2D eigenvalue weighted by Crippen LogP contribution is -2.50. The molecule has 1 saturated heterocycles. The second kappa shape index (κ2) is 5.54. The van der Waals surface area contributed by atoms with Gasteiger partial charge in [0.25, 0.3) is 0 Å². The van der Waals surface area contributed by atoms with Gasteiger partial charge in [0.15, 0.2) is 6.61 Å². The summed E-state index contributed by atoms with van der Waals surface area (Å²) in [6.07, 6.45) is -1.15. The van der Waals surface area contributed by atoms with Gasteiger partial charge in [-0.2, -0.15) is 0 Å². The molecule has 106 valence electrons. The number of amides is 1. The van der Waals surface area contributed by atoms with Crippen molar-refractivity contribution in [3.63, 3.8) is 0 Å². The Kier molecular flexibility index (Phi) is 4.67. The molecule has 0 aromatic heterocycles. The van der Waals surface area contributed by atoms with E-state index in [4.69, 9.17) is 0 Å². The Morgan fingerprint density at radius 2 is 2.00 bits per heavy atom. The quantitative estimate of drug-likeness (QED) is 0.611. The summed E-state index contributed by atoms with van der Waals surface area (Å²) in [6, 6.07) is -0.218. The Labute approximate surface area is 119 Å². The minimum absolute atomic E-state index is 0. The number of carbonyl (C=O) groups is 1. The Hall–Kier alpha value is -1.02. The fourth-order valence-electron chi connectivity index (χ4n) is 1.60. The van der Waals surface area contributed by atoms with E-state index in [2.05, 4.69) is 20.7 Å². The molecule has 3 nitrogen and oxygen atoms in total. The third-order valence-corrected chi connectivity index (χ3v) is 3.06.